The van der Waals surface area contributed by atoms with Crippen LogP contribution in [0.3, 0.4) is 0 Å². The monoisotopic (exact) mass is 428 g/mol. The van der Waals surface area contributed by atoms with Gasteiger partial charge in [-0.3, -0.25) is 4.79 Å². The number of aromatic amines is 1. The number of benzene rings is 3. The number of nitrogens with one attached hydrogen (secondary N) is 1. The summed E-state index contributed by atoms with van der Waals surface area (Å²) in [4.78, 5) is 25.0. The fraction of sp³-hybridized carbons (Fsp3) is 0.160. The van der Waals surface area contributed by atoms with Crippen molar-refractivity contribution < 1.29 is 9.13 Å². The summed E-state index contributed by atoms with van der Waals surface area (Å²) >= 11 is 0. The van der Waals surface area contributed by atoms with Gasteiger partial charge in [-0.25, -0.2) is 14.4 Å². The van der Waals surface area contributed by atoms with Crippen molar-refractivity contribution in [3.05, 3.63) is 88.7 Å². The summed E-state index contributed by atoms with van der Waals surface area (Å²) in [5.41, 5.74) is 3.56. The van der Waals surface area contributed by atoms with Crippen LogP contribution in [0.5, 0.6) is 5.75 Å². The first kappa shape index (κ1) is 19.9. The first-order valence-corrected chi connectivity index (χ1v) is 10.5. The number of para-hydroxylation sites is 1. The Kier molecular flexibility index (Phi) is 5.15. The SMILES string of the molecule is CCCOc1ccccc1-c1nc2cc3ncn(Cc4ccc(F)cc4)c3cc2c(=O)[nH]1. The molecule has 0 fully saturated rings. The summed E-state index contributed by atoms with van der Waals surface area (Å²) in [6, 6.07) is 17.5. The van der Waals surface area contributed by atoms with Gasteiger partial charge in [-0.2, -0.15) is 0 Å². The van der Waals surface area contributed by atoms with Crippen LogP contribution in [-0.2, 0) is 6.54 Å². The minimum atomic E-state index is -0.273. The van der Waals surface area contributed by atoms with E-state index in [0.29, 0.717) is 35.6 Å². The minimum absolute atomic E-state index is 0.230. The van der Waals surface area contributed by atoms with Crippen LogP contribution in [-0.4, -0.2) is 26.1 Å². The predicted molar refractivity (Wildman–Crippen MR) is 122 cm³/mol. The third-order valence-corrected chi connectivity index (χ3v) is 5.32. The molecule has 0 spiro atoms. The molecule has 2 aromatic heterocycles. The van der Waals surface area contributed by atoms with E-state index in [4.69, 9.17) is 9.72 Å². The lowest BCUT2D eigenvalue weighted by Crippen LogP contribution is -2.10. The zero-order valence-corrected chi connectivity index (χ0v) is 17.5. The molecule has 0 radical (unpaired) electrons. The number of imidazole rings is 1. The van der Waals surface area contributed by atoms with Gasteiger partial charge in [0, 0.05) is 6.54 Å². The zero-order valence-electron chi connectivity index (χ0n) is 17.5. The van der Waals surface area contributed by atoms with E-state index in [-0.39, 0.29) is 11.4 Å². The predicted octanol–water partition coefficient (Wildman–Crippen LogP) is 4.92. The molecule has 6 nitrogen and oxygen atoms in total. The average Bonchev–Trinajstić information content (AvgIpc) is 3.19. The highest BCUT2D eigenvalue weighted by atomic mass is 19.1. The Bertz CT molecular complexity index is 1470. The third-order valence-electron chi connectivity index (χ3n) is 5.32. The van der Waals surface area contributed by atoms with Crippen LogP contribution >= 0.6 is 0 Å². The summed E-state index contributed by atoms with van der Waals surface area (Å²) < 4.78 is 21.0. The second-order valence-corrected chi connectivity index (χ2v) is 7.62. The lowest BCUT2D eigenvalue weighted by atomic mass is 10.1. The van der Waals surface area contributed by atoms with Crippen LogP contribution in [0.15, 0.2) is 71.8 Å². The number of hydrogen-bond acceptors (Lipinski definition) is 4. The number of hydrogen-bond donors (Lipinski definition) is 1. The number of H-pyrrole nitrogens is 1. The molecule has 3 aromatic carbocycles. The normalized spacial score (nSPS) is 11.3. The van der Waals surface area contributed by atoms with Crippen molar-refractivity contribution in [1.82, 2.24) is 19.5 Å². The quantitative estimate of drug-likeness (QED) is 0.417. The fourth-order valence-electron chi connectivity index (χ4n) is 3.73. The first-order valence-electron chi connectivity index (χ1n) is 10.5. The minimum Gasteiger partial charge on any atom is -0.493 e. The lowest BCUT2D eigenvalue weighted by molar-refractivity contribution is 0.318. The molecule has 160 valence electrons. The maximum Gasteiger partial charge on any atom is 0.259 e. The van der Waals surface area contributed by atoms with Crippen molar-refractivity contribution in [2.24, 2.45) is 0 Å². The van der Waals surface area contributed by atoms with Gasteiger partial charge in [0.05, 0.1) is 40.4 Å². The van der Waals surface area contributed by atoms with Gasteiger partial charge >= 0.3 is 0 Å². The van der Waals surface area contributed by atoms with Gasteiger partial charge in [0.2, 0.25) is 0 Å². The van der Waals surface area contributed by atoms with E-state index < -0.39 is 0 Å². The van der Waals surface area contributed by atoms with Crippen molar-refractivity contribution >= 4 is 21.9 Å². The van der Waals surface area contributed by atoms with Gasteiger partial charge in [0.15, 0.2) is 0 Å². The molecule has 5 aromatic rings. The zero-order chi connectivity index (χ0) is 22.1. The summed E-state index contributed by atoms with van der Waals surface area (Å²) in [6.07, 6.45) is 2.60. The van der Waals surface area contributed by atoms with E-state index in [2.05, 4.69) is 9.97 Å². The molecule has 0 saturated heterocycles. The maximum atomic E-state index is 13.2. The standard InChI is InChI=1S/C25H21FN4O2/c1-2-11-32-23-6-4-3-5-18(23)24-28-20-13-21-22(12-19(20)25(31)29-24)30(15-27-21)14-16-7-9-17(26)10-8-16/h3-10,12-13,15H,2,11,14H2,1H3,(H,28,29,31). The molecule has 0 unspecified atom stereocenters. The Balaban J connectivity index is 1.58. The topological polar surface area (TPSA) is 72.8 Å². The van der Waals surface area contributed by atoms with E-state index in [1.165, 1.54) is 12.1 Å². The molecular formula is C25H21FN4O2. The van der Waals surface area contributed by atoms with Gasteiger partial charge in [-0.15, -0.1) is 0 Å². The molecule has 0 amide bonds. The van der Waals surface area contributed by atoms with Gasteiger partial charge in [-0.1, -0.05) is 31.2 Å². The second kappa shape index (κ2) is 8.26. The van der Waals surface area contributed by atoms with Crippen molar-refractivity contribution in [3.8, 4) is 17.1 Å². The Hall–Kier alpha value is -4.00. The number of rotatable bonds is 6. The van der Waals surface area contributed by atoms with Gasteiger partial charge in [0.25, 0.3) is 5.56 Å². The molecule has 0 aliphatic carbocycles. The highest BCUT2D eigenvalue weighted by molar-refractivity contribution is 5.93. The summed E-state index contributed by atoms with van der Waals surface area (Å²) in [5.74, 6) is 0.867. The molecular weight excluding hydrogens is 407 g/mol. The van der Waals surface area contributed by atoms with Crippen LogP contribution in [0.2, 0.25) is 0 Å². The molecule has 0 aliphatic heterocycles. The Morgan fingerprint density at radius 2 is 1.88 bits per heavy atom. The van der Waals surface area contributed by atoms with E-state index in [1.54, 1.807) is 24.5 Å². The van der Waals surface area contributed by atoms with Gasteiger partial charge in [-0.05, 0) is 48.4 Å². The van der Waals surface area contributed by atoms with E-state index >= 15 is 0 Å². The van der Waals surface area contributed by atoms with Crippen LogP contribution in [0, 0.1) is 5.82 Å². The number of fused-ring (bicyclic) bond motifs is 2. The first-order chi connectivity index (χ1) is 15.6. The smallest absolute Gasteiger partial charge is 0.259 e. The molecule has 2 heterocycles. The second-order valence-electron chi connectivity index (χ2n) is 7.62. The summed E-state index contributed by atoms with van der Waals surface area (Å²) in [7, 11) is 0. The number of nitrogens with zero attached hydrogens (tertiary/aromatic N) is 3. The molecule has 5 rings (SSSR count). The Morgan fingerprint density at radius 3 is 2.69 bits per heavy atom. The van der Waals surface area contributed by atoms with E-state index in [1.807, 2.05) is 41.8 Å². The highest BCUT2D eigenvalue weighted by Gasteiger charge is 2.13. The molecule has 0 aliphatic rings. The molecule has 0 bridgehead atoms. The molecule has 0 saturated carbocycles. The summed E-state index contributed by atoms with van der Waals surface area (Å²) in [6.45, 7) is 3.15. The third kappa shape index (κ3) is 3.73. The number of aromatic nitrogens is 4. The maximum absolute atomic E-state index is 13.2. The summed E-state index contributed by atoms with van der Waals surface area (Å²) in [5, 5.41) is 0.481. The lowest BCUT2D eigenvalue weighted by Gasteiger charge is -2.11. The average molecular weight is 428 g/mol. The van der Waals surface area contributed by atoms with Crippen LogP contribution < -0.4 is 10.3 Å². The highest BCUT2D eigenvalue weighted by Crippen LogP contribution is 2.28. The van der Waals surface area contributed by atoms with E-state index in [9.17, 15) is 9.18 Å². The van der Waals surface area contributed by atoms with Gasteiger partial charge in [0.1, 0.15) is 17.4 Å². The van der Waals surface area contributed by atoms with Crippen LogP contribution in [0.1, 0.15) is 18.9 Å². The number of ether oxygens (including phenoxy) is 1. The van der Waals surface area contributed by atoms with Crippen molar-refractivity contribution in [2.45, 2.75) is 19.9 Å². The van der Waals surface area contributed by atoms with Crippen LogP contribution in [0.4, 0.5) is 4.39 Å². The Labute approximate surface area is 183 Å². The van der Waals surface area contributed by atoms with Crippen molar-refractivity contribution in [3.63, 3.8) is 0 Å². The molecule has 7 heteroatoms. The number of halogens is 1. The van der Waals surface area contributed by atoms with Gasteiger partial charge < -0.3 is 14.3 Å². The van der Waals surface area contributed by atoms with Crippen molar-refractivity contribution in [1.29, 1.82) is 0 Å². The fourth-order valence-corrected chi connectivity index (χ4v) is 3.73. The largest absolute Gasteiger partial charge is 0.493 e. The molecule has 1 N–H and O–H groups in total. The van der Waals surface area contributed by atoms with E-state index in [0.717, 1.165) is 28.6 Å². The Morgan fingerprint density at radius 1 is 1.06 bits per heavy atom. The molecule has 32 heavy (non-hydrogen) atoms. The van der Waals surface area contributed by atoms with Crippen LogP contribution in [0.25, 0.3) is 33.3 Å². The van der Waals surface area contributed by atoms with Crippen molar-refractivity contribution in [2.75, 3.05) is 6.61 Å². The molecule has 0 atom stereocenters.